The van der Waals surface area contributed by atoms with E-state index in [9.17, 15) is 30.0 Å². The Morgan fingerprint density at radius 2 is 1.44 bits per heavy atom. The first-order valence-electron chi connectivity index (χ1n) is 18.9. The minimum absolute atomic E-state index is 0.111. The van der Waals surface area contributed by atoms with E-state index in [1.807, 2.05) is 32.8 Å². The number of carbonyl (C=O) groups excluding carboxylic acids is 2. The highest BCUT2D eigenvalue weighted by Crippen LogP contribution is 2.41. The van der Waals surface area contributed by atoms with Gasteiger partial charge in [0, 0.05) is 44.4 Å². The summed E-state index contributed by atoms with van der Waals surface area (Å²) in [7, 11) is 6.77. The Morgan fingerprint density at radius 3 is 1.98 bits per heavy atom. The van der Waals surface area contributed by atoms with Crippen molar-refractivity contribution in [2.75, 3.05) is 28.3 Å². The normalized spacial score (nSPS) is 49.0. The van der Waals surface area contributed by atoms with Crippen molar-refractivity contribution >= 4 is 11.8 Å². The molecule has 14 heteroatoms. The molecular weight excluding hydrogens is 678 g/mol. The molecule has 304 valence electrons. The van der Waals surface area contributed by atoms with E-state index in [1.54, 1.807) is 48.5 Å². The summed E-state index contributed by atoms with van der Waals surface area (Å²) in [5.74, 6) is -4.47. The third-order valence-corrected chi connectivity index (χ3v) is 12.3. The van der Waals surface area contributed by atoms with Crippen molar-refractivity contribution in [1.29, 1.82) is 0 Å². The minimum Gasteiger partial charge on any atom is -0.459 e. The van der Waals surface area contributed by atoms with Crippen molar-refractivity contribution in [3.8, 4) is 0 Å². The Hall–Kier alpha value is -1.30. The van der Waals surface area contributed by atoms with Crippen LogP contribution in [0.1, 0.15) is 94.9 Å². The molecule has 0 spiro atoms. The van der Waals surface area contributed by atoms with Gasteiger partial charge in [0.25, 0.3) is 0 Å². The molecular formula is C38H69NO13. The van der Waals surface area contributed by atoms with Crippen LogP contribution >= 0.6 is 0 Å². The number of hydrogen-bond donors (Lipinski definition) is 4. The van der Waals surface area contributed by atoms with Crippen LogP contribution in [0.2, 0.25) is 0 Å². The summed E-state index contributed by atoms with van der Waals surface area (Å²) in [4.78, 5) is 30.1. The number of ether oxygens (including phenoxy) is 7. The highest BCUT2D eigenvalue weighted by molar-refractivity contribution is 5.83. The van der Waals surface area contributed by atoms with Gasteiger partial charge in [-0.3, -0.25) is 9.59 Å². The summed E-state index contributed by atoms with van der Waals surface area (Å²) in [6.07, 6.45) is -8.73. The Balaban J connectivity index is 2.22. The second-order valence-corrected chi connectivity index (χ2v) is 16.6. The monoisotopic (exact) mass is 747 g/mol. The summed E-state index contributed by atoms with van der Waals surface area (Å²) in [5.41, 5.74) is -4.24. The van der Waals surface area contributed by atoms with Gasteiger partial charge >= 0.3 is 5.97 Å². The number of nitrogens with zero attached hydrogens (tertiary/aromatic N) is 1. The molecule has 0 bridgehead atoms. The number of rotatable bonds is 8. The zero-order chi connectivity index (χ0) is 39.7. The fourth-order valence-electron chi connectivity index (χ4n) is 8.58. The van der Waals surface area contributed by atoms with Gasteiger partial charge < -0.3 is 58.5 Å². The van der Waals surface area contributed by atoms with Gasteiger partial charge in [-0.05, 0) is 74.9 Å². The van der Waals surface area contributed by atoms with E-state index < -0.39 is 102 Å². The fourth-order valence-corrected chi connectivity index (χ4v) is 8.58. The molecule has 0 saturated carbocycles. The summed E-state index contributed by atoms with van der Waals surface area (Å²) >= 11 is 0. The van der Waals surface area contributed by atoms with Gasteiger partial charge in [-0.15, -0.1) is 0 Å². The smallest absolute Gasteiger partial charge is 0.311 e. The topological polar surface area (TPSA) is 183 Å². The predicted molar refractivity (Wildman–Crippen MR) is 191 cm³/mol. The van der Waals surface area contributed by atoms with Gasteiger partial charge in [0.2, 0.25) is 0 Å². The molecule has 0 radical (unpaired) electrons. The van der Waals surface area contributed by atoms with Crippen molar-refractivity contribution < 1.29 is 63.2 Å². The van der Waals surface area contributed by atoms with Gasteiger partial charge in [-0.25, -0.2) is 0 Å². The van der Waals surface area contributed by atoms with Crippen molar-refractivity contribution in [3.05, 3.63) is 0 Å². The maximum Gasteiger partial charge on any atom is 0.311 e. The molecule has 0 aromatic heterocycles. The first kappa shape index (κ1) is 45.1. The lowest BCUT2D eigenvalue weighted by molar-refractivity contribution is -0.319. The highest BCUT2D eigenvalue weighted by atomic mass is 16.7. The molecule has 3 rings (SSSR count). The molecule has 0 aromatic rings. The lowest BCUT2D eigenvalue weighted by Crippen LogP contribution is -2.61. The summed E-state index contributed by atoms with van der Waals surface area (Å²) < 4.78 is 43.9. The molecule has 3 fully saturated rings. The molecule has 52 heavy (non-hydrogen) atoms. The zero-order valence-electron chi connectivity index (χ0n) is 33.9. The fraction of sp³-hybridized carbons (Fsp3) is 0.947. The molecule has 4 N–H and O–H groups in total. The van der Waals surface area contributed by atoms with E-state index in [0.717, 1.165) is 0 Å². The molecule has 0 aliphatic carbocycles. The summed E-state index contributed by atoms with van der Waals surface area (Å²) in [5, 5.41) is 45.6. The van der Waals surface area contributed by atoms with Crippen molar-refractivity contribution in [3.63, 3.8) is 0 Å². The largest absolute Gasteiger partial charge is 0.459 e. The van der Waals surface area contributed by atoms with Crippen LogP contribution in [0.3, 0.4) is 0 Å². The molecule has 3 aliphatic rings. The Morgan fingerprint density at radius 1 is 0.846 bits per heavy atom. The van der Waals surface area contributed by atoms with Crippen LogP contribution in [0.25, 0.3) is 0 Å². The van der Waals surface area contributed by atoms with Crippen LogP contribution in [-0.4, -0.2) is 150 Å². The third-order valence-electron chi connectivity index (χ3n) is 12.3. The number of esters is 1. The molecule has 3 saturated heterocycles. The minimum atomic E-state index is -1.96. The molecule has 18 atom stereocenters. The number of aliphatic hydroxyl groups is 4. The zero-order valence-corrected chi connectivity index (χ0v) is 33.9. The van der Waals surface area contributed by atoms with Crippen molar-refractivity contribution in [1.82, 2.24) is 4.90 Å². The van der Waals surface area contributed by atoms with E-state index in [2.05, 4.69) is 0 Å². The molecule has 14 nitrogen and oxygen atoms in total. The standard InChI is InChI=1S/C38H69NO13/c1-15-26-38(10,45)31(42)21(4)28(40)19(2)17-37(9,47-14)33(52-35-29(41)25(39(11)12)16-20(3)48-35)22(5)30(23(6)34(44)50-26)51-27-18-36(8,46-13)32(43)24(7)49-27/h19-27,29-33,35,41-43,45H,15-18H2,1-14H3/t19-,20?,21+,22+,23-,24?,25?,26-,27?,29?,30+,31-,32?,33-,35?,36?,37+,38-/m1/s1. The average Bonchev–Trinajstić information content (AvgIpc) is 3.09. The van der Waals surface area contributed by atoms with E-state index in [0.29, 0.717) is 6.42 Å². The second kappa shape index (κ2) is 17.7. The first-order chi connectivity index (χ1) is 24.0. The number of Topliss-reactive ketones (excluding diaryl/α,β-unsaturated/α-hetero) is 1. The van der Waals surface area contributed by atoms with Crippen LogP contribution < -0.4 is 0 Å². The second-order valence-electron chi connectivity index (χ2n) is 16.6. The Kier molecular flexibility index (Phi) is 15.3. The van der Waals surface area contributed by atoms with Crippen molar-refractivity contribution in [2.45, 2.75) is 179 Å². The molecule has 3 heterocycles. The van der Waals surface area contributed by atoms with Crippen LogP contribution in [0.15, 0.2) is 0 Å². The van der Waals surface area contributed by atoms with Crippen LogP contribution in [0, 0.1) is 23.7 Å². The number of cyclic esters (lactones) is 1. The summed E-state index contributed by atoms with van der Waals surface area (Å²) in [6, 6.07) is -0.283. The molecule has 0 aromatic carbocycles. The van der Waals surface area contributed by atoms with Gasteiger partial charge in [0.15, 0.2) is 12.6 Å². The highest BCUT2D eigenvalue weighted by Gasteiger charge is 2.54. The number of ketones is 1. The predicted octanol–water partition coefficient (Wildman–Crippen LogP) is 2.44. The SMILES string of the molecule is CC[C@H]1OC(=O)[C@H](C)[C@@H](OC2CC(C)(OC)C(O)C(C)O2)[C@H](C)[C@@H](OC2OC(C)CC(N(C)C)C2O)[C@@](C)(OC)C[C@@H](C)C(=O)[C@H](C)[C@@H](O)[C@]1(C)O. The lowest BCUT2D eigenvalue weighted by Gasteiger charge is -2.50. The summed E-state index contributed by atoms with van der Waals surface area (Å²) in [6.45, 7) is 17.1. The van der Waals surface area contributed by atoms with Crippen LogP contribution in [0.5, 0.6) is 0 Å². The number of likely N-dealkylation sites (N-methyl/N-ethyl adjacent to an activating group) is 1. The quantitative estimate of drug-likeness (QED) is 0.266. The first-order valence-corrected chi connectivity index (χ1v) is 18.9. The molecule has 3 aliphatic heterocycles. The van der Waals surface area contributed by atoms with Gasteiger partial charge in [0.05, 0.1) is 47.6 Å². The number of hydrogen-bond acceptors (Lipinski definition) is 14. The maximum absolute atomic E-state index is 14.2. The lowest BCUT2D eigenvalue weighted by atomic mass is 9.74. The van der Waals surface area contributed by atoms with Crippen LogP contribution in [-0.2, 0) is 42.7 Å². The Bertz CT molecular complexity index is 1190. The van der Waals surface area contributed by atoms with E-state index in [-0.39, 0.29) is 37.2 Å². The van der Waals surface area contributed by atoms with Gasteiger partial charge in [0.1, 0.15) is 29.7 Å². The van der Waals surface area contributed by atoms with E-state index in [1.165, 1.54) is 21.1 Å². The average molecular weight is 748 g/mol. The van der Waals surface area contributed by atoms with E-state index >= 15 is 0 Å². The van der Waals surface area contributed by atoms with Crippen molar-refractivity contribution in [2.24, 2.45) is 23.7 Å². The van der Waals surface area contributed by atoms with E-state index in [4.69, 9.17) is 33.2 Å². The van der Waals surface area contributed by atoms with Gasteiger partial charge in [-0.1, -0.05) is 27.7 Å². The number of carbonyl (C=O) groups is 2. The molecule has 0 amide bonds. The Labute approximate surface area is 310 Å². The number of methoxy groups -OCH3 is 2. The number of aliphatic hydroxyl groups excluding tert-OH is 3. The van der Waals surface area contributed by atoms with Crippen LogP contribution in [0.4, 0.5) is 0 Å². The maximum atomic E-state index is 14.2. The molecule has 8 unspecified atom stereocenters. The van der Waals surface area contributed by atoms with Gasteiger partial charge in [-0.2, -0.15) is 0 Å². The third kappa shape index (κ3) is 9.38.